The van der Waals surface area contributed by atoms with E-state index in [1.165, 1.54) is 11.8 Å². The lowest BCUT2D eigenvalue weighted by molar-refractivity contribution is -0.119. The summed E-state index contributed by atoms with van der Waals surface area (Å²) in [5, 5.41) is 2.45. The number of rotatable bonds is 6. The van der Waals surface area contributed by atoms with Crippen molar-refractivity contribution >= 4 is 57.6 Å². The molecule has 4 heterocycles. The normalized spacial score (nSPS) is 15.2. The van der Waals surface area contributed by atoms with Crippen molar-refractivity contribution in [3.8, 4) is 0 Å². The number of piperidine rings is 1. The lowest BCUT2D eigenvalue weighted by atomic mass is 9.94. The first kappa shape index (κ1) is 20.2. The minimum atomic E-state index is 0.421. The second-order valence-corrected chi connectivity index (χ2v) is 9.24. The number of fused-ring (bicyclic) bond motifs is 2. The molecule has 31 heavy (non-hydrogen) atoms. The van der Waals surface area contributed by atoms with Crippen LogP contribution in [-0.4, -0.2) is 38.9 Å². The van der Waals surface area contributed by atoms with Crippen molar-refractivity contribution in [1.29, 1.82) is 0 Å². The van der Waals surface area contributed by atoms with Crippen LogP contribution in [0, 0.1) is 5.92 Å². The smallest absolute Gasteiger partial charge is 0.209 e. The maximum atomic E-state index is 11.0. The molecule has 0 atom stereocenters. The summed E-state index contributed by atoms with van der Waals surface area (Å²) < 4.78 is 7.75. The average molecular weight is 456 g/mol. The highest BCUT2D eigenvalue weighted by atomic mass is 35.5. The minimum absolute atomic E-state index is 0.421. The molecule has 1 amide bonds. The quantitative estimate of drug-likeness (QED) is 0.419. The van der Waals surface area contributed by atoms with Gasteiger partial charge < -0.3 is 19.6 Å². The molecule has 0 aliphatic carbocycles. The van der Waals surface area contributed by atoms with Crippen molar-refractivity contribution in [3.05, 3.63) is 41.7 Å². The number of imidazole rings is 1. The number of nitrogen functional groups attached to an aromatic ring is 1. The Morgan fingerprint density at radius 3 is 2.94 bits per heavy atom. The molecule has 1 aliphatic rings. The molecule has 1 fully saturated rings. The largest absolute Gasteiger partial charge is 0.464 e. The van der Waals surface area contributed by atoms with Crippen LogP contribution in [0.1, 0.15) is 19.3 Å². The first-order valence-corrected chi connectivity index (χ1v) is 11.5. The number of aryl methyl sites for hydroxylation is 1. The van der Waals surface area contributed by atoms with Crippen molar-refractivity contribution in [2.75, 3.05) is 18.8 Å². The van der Waals surface area contributed by atoms with E-state index in [1.807, 2.05) is 29.2 Å². The van der Waals surface area contributed by atoms with Gasteiger partial charge in [0.1, 0.15) is 11.1 Å². The number of amides is 1. The zero-order valence-corrected chi connectivity index (χ0v) is 18.4. The summed E-state index contributed by atoms with van der Waals surface area (Å²) >= 11 is 8.06. The number of anilines is 1. The molecule has 5 rings (SSSR count). The van der Waals surface area contributed by atoms with Gasteiger partial charge in [-0.3, -0.25) is 4.79 Å². The van der Waals surface area contributed by atoms with E-state index in [-0.39, 0.29) is 0 Å². The Bertz CT molecular complexity index is 1250. The highest BCUT2D eigenvalue weighted by Crippen LogP contribution is 2.38. The molecule has 9 heteroatoms. The van der Waals surface area contributed by atoms with Crippen LogP contribution in [0.4, 0.5) is 5.82 Å². The van der Waals surface area contributed by atoms with E-state index in [2.05, 4.69) is 9.55 Å². The molecule has 3 aromatic heterocycles. The lowest BCUT2D eigenvalue weighted by Crippen LogP contribution is -2.32. The van der Waals surface area contributed by atoms with Crippen molar-refractivity contribution in [2.45, 2.75) is 35.9 Å². The number of nitrogens with two attached hydrogens (primary N) is 1. The summed E-state index contributed by atoms with van der Waals surface area (Å²) in [5.74, 6) is 0.999. The highest BCUT2D eigenvalue weighted by molar-refractivity contribution is 7.99. The van der Waals surface area contributed by atoms with Crippen LogP contribution in [-0.2, 0) is 11.3 Å². The number of likely N-dealkylation sites (tertiary alicyclic amines) is 1. The fraction of sp³-hybridized carbons (Fsp3) is 0.318. The van der Waals surface area contributed by atoms with Gasteiger partial charge in [-0.2, -0.15) is 0 Å². The van der Waals surface area contributed by atoms with E-state index in [0.29, 0.717) is 22.3 Å². The number of nitrogens with zero attached hydrogens (tertiary/aromatic N) is 4. The molecular weight excluding hydrogens is 434 g/mol. The Morgan fingerprint density at radius 1 is 1.29 bits per heavy atom. The maximum Gasteiger partial charge on any atom is 0.209 e. The third-order valence-corrected chi connectivity index (χ3v) is 7.40. The minimum Gasteiger partial charge on any atom is -0.464 e. The summed E-state index contributed by atoms with van der Waals surface area (Å²) in [6.07, 6.45) is 7.39. The van der Waals surface area contributed by atoms with Crippen LogP contribution < -0.4 is 5.73 Å². The molecule has 1 saturated heterocycles. The molecule has 160 valence electrons. The Kier molecular flexibility index (Phi) is 5.50. The van der Waals surface area contributed by atoms with Crippen LogP contribution in [0.3, 0.4) is 0 Å². The molecule has 1 aromatic carbocycles. The Balaban J connectivity index is 1.45. The fourth-order valence-electron chi connectivity index (χ4n) is 4.14. The molecule has 7 nitrogen and oxygen atoms in total. The summed E-state index contributed by atoms with van der Waals surface area (Å²) in [4.78, 5) is 22.7. The van der Waals surface area contributed by atoms with E-state index in [9.17, 15) is 4.79 Å². The number of carbonyl (C=O) groups excluding carboxylic acids is 1. The monoisotopic (exact) mass is 455 g/mol. The van der Waals surface area contributed by atoms with Crippen molar-refractivity contribution in [3.63, 3.8) is 0 Å². The number of hydrogen-bond acceptors (Lipinski definition) is 6. The molecule has 0 saturated carbocycles. The number of halogens is 1. The highest BCUT2D eigenvalue weighted by Gasteiger charge is 2.21. The van der Waals surface area contributed by atoms with Gasteiger partial charge in [0.2, 0.25) is 6.41 Å². The number of benzene rings is 1. The standard InChI is InChI=1S/C22H22ClN5O2S/c23-16-11-15-5-10-30-18(15)12-19(16)31-22-26-20-17(1-6-25-21(20)24)28(22)9-4-14-2-7-27(13-29)8-3-14/h1,5-6,10-14H,2-4,7-9H2,(H2,24,25). The molecule has 2 N–H and O–H groups in total. The van der Waals surface area contributed by atoms with E-state index >= 15 is 0 Å². The average Bonchev–Trinajstić information content (AvgIpc) is 3.37. The van der Waals surface area contributed by atoms with E-state index < -0.39 is 0 Å². The van der Waals surface area contributed by atoms with Crippen molar-refractivity contribution < 1.29 is 9.21 Å². The van der Waals surface area contributed by atoms with Gasteiger partial charge in [-0.15, -0.1) is 0 Å². The fourth-order valence-corrected chi connectivity index (χ4v) is 5.39. The van der Waals surface area contributed by atoms with Gasteiger partial charge in [-0.25, -0.2) is 9.97 Å². The summed E-state index contributed by atoms with van der Waals surface area (Å²) in [5.41, 5.74) is 8.58. The van der Waals surface area contributed by atoms with Crippen molar-refractivity contribution in [2.24, 2.45) is 5.92 Å². The SMILES string of the molecule is Nc1nccc2c1nc(Sc1cc3occc3cc1Cl)n2CCC1CCN(C=O)CC1. The number of hydrogen-bond donors (Lipinski definition) is 1. The molecule has 0 spiro atoms. The Morgan fingerprint density at radius 2 is 2.13 bits per heavy atom. The molecular formula is C22H22ClN5O2S. The Hall–Kier alpha value is -2.71. The van der Waals surface area contributed by atoms with Gasteiger partial charge in [0, 0.05) is 36.1 Å². The van der Waals surface area contributed by atoms with E-state index in [1.54, 1.807) is 12.5 Å². The van der Waals surface area contributed by atoms with Crippen LogP contribution >= 0.6 is 23.4 Å². The topological polar surface area (TPSA) is 90.2 Å². The van der Waals surface area contributed by atoms with Gasteiger partial charge in [-0.1, -0.05) is 11.6 Å². The van der Waals surface area contributed by atoms with E-state index in [4.69, 9.17) is 26.7 Å². The number of carbonyl (C=O) groups is 1. The third kappa shape index (κ3) is 3.97. The van der Waals surface area contributed by atoms with Gasteiger partial charge in [-0.05, 0) is 61.2 Å². The van der Waals surface area contributed by atoms with Gasteiger partial charge in [0.25, 0.3) is 0 Å². The first-order valence-electron chi connectivity index (χ1n) is 10.3. The van der Waals surface area contributed by atoms with Crippen molar-refractivity contribution in [1.82, 2.24) is 19.4 Å². The molecule has 0 unspecified atom stereocenters. The van der Waals surface area contributed by atoms with Gasteiger partial charge in [0.15, 0.2) is 11.0 Å². The van der Waals surface area contributed by atoms with Crippen LogP contribution in [0.5, 0.6) is 0 Å². The Labute approximate surface area is 188 Å². The van der Waals surface area contributed by atoms with Crippen LogP contribution in [0.2, 0.25) is 5.02 Å². The summed E-state index contributed by atoms with van der Waals surface area (Å²) in [7, 11) is 0. The molecule has 0 bridgehead atoms. The third-order valence-electron chi connectivity index (χ3n) is 5.93. The number of pyridine rings is 1. The van der Waals surface area contributed by atoms with Crippen LogP contribution in [0.25, 0.3) is 22.0 Å². The summed E-state index contributed by atoms with van der Waals surface area (Å²) in [6.45, 7) is 2.47. The zero-order valence-electron chi connectivity index (χ0n) is 16.8. The van der Waals surface area contributed by atoms with E-state index in [0.717, 1.165) is 71.8 Å². The van der Waals surface area contributed by atoms with Gasteiger partial charge in [0.05, 0.1) is 16.8 Å². The molecule has 0 radical (unpaired) electrons. The second kappa shape index (κ2) is 8.43. The number of furan rings is 1. The first-order chi connectivity index (χ1) is 15.1. The predicted molar refractivity (Wildman–Crippen MR) is 122 cm³/mol. The van der Waals surface area contributed by atoms with Gasteiger partial charge >= 0.3 is 0 Å². The number of aromatic nitrogens is 3. The predicted octanol–water partition coefficient (Wildman–Crippen LogP) is 4.82. The van der Waals surface area contributed by atoms with Crippen LogP contribution in [0.15, 0.2) is 51.2 Å². The summed E-state index contributed by atoms with van der Waals surface area (Å²) in [6, 6.07) is 7.71. The molecule has 1 aliphatic heterocycles. The lowest BCUT2D eigenvalue weighted by Gasteiger charge is -2.29. The second-order valence-electron chi connectivity index (χ2n) is 7.83. The zero-order chi connectivity index (χ0) is 21.4. The maximum absolute atomic E-state index is 11.0. The molecule has 4 aromatic rings.